The molecule has 0 bridgehead atoms. The lowest BCUT2D eigenvalue weighted by molar-refractivity contribution is 0.0158. The van der Waals surface area contributed by atoms with Gasteiger partial charge in [0.1, 0.15) is 11.4 Å². The van der Waals surface area contributed by atoms with Crippen molar-refractivity contribution in [1.82, 2.24) is 9.88 Å². The third-order valence-electron chi connectivity index (χ3n) is 3.48. The summed E-state index contributed by atoms with van der Waals surface area (Å²) < 4.78 is 5.46. The SMILES string of the molecule is Cc1cc(Cl)cc(N2CCN(C(=O)OC(C)(C)C)[C@@H](C)C2)n1. The lowest BCUT2D eigenvalue weighted by Gasteiger charge is -2.40. The third kappa shape index (κ3) is 4.26. The Bertz CT molecular complexity index is 537. The molecule has 1 aliphatic rings. The summed E-state index contributed by atoms with van der Waals surface area (Å²) in [4.78, 5) is 20.7. The first-order valence-electron chi connectivity index (χ1n) is 7.54. The lowest BCUT2D eigenvalue weighted by Crippen LogP contribution is -2.55. The summed E-state index contributed by atoms with van der Waals surface area (Å²) in [6, 6.07) is 3.76. The van der Waals surface area contributed by atoms with Crippen LogP contribution in [0.15, 0.2) is 12.1 Å². The standard InChI is InChI=1S/C16H24ClN3O2/c1-11-8-13(17)9-14(18-11)19-6-7-20(12(2)10-19)15(21)22-16(3,4)5/h8-9,12H,6-7,10H2,1-5H3/t12-/m0/s1. The van der Waals surface area contributed by atoms with Crippen molar-refractivity contribution in [3.63, 3.8) is 0 Å². The minimum atomic E-state index is -0.473. The Morgan fingerprint density at radius 1 is 1.36 bits per heavy atom. The summed E-state index contributed by atoms with van der Waals surface area (Å²) in [5, 5.41) is 0.685. The van der Waals surface area contributed by atoms with E-state index in [9.17, 15) is 4.79 Å². The average Bonchev–Trinajstić information content (AvgIpc) is 2.35. The number of halogens is 1. The van der Waals surface area contributed by atoms with E-state index in [2.05, 4.69) is 9.88 Å². The highest BCUT2D eigenvalue weighted by atomic mass is 35.5. The maximum atomic E-state index is 12.2. The number of aryl methyl sites for hydroxylation is 1. The van der Waals surface area contributed by atoms with Gasteiger partial charge >= 0.3 is 6.09 Å². The van der Waals surface area contributed by atoms with E-state index in [1.807, 2.05) is 46.8 Å². The fourth-order valence-corrected chi connectivity index (χ4v) is 2.78. The number of pyridine rings is 1. The van der Waals surface area contributed by atoms with Crippen molar-refractivity contribution < 1.29 is 9.53 Å². The zero-order chi connectivity index (χ0) is 16.5. The summed E-state index contributed by atoms with van der Waals surface area (Å²) in [6.45, 7) is 11.6. The number of amides is 1. The van der Waals surface area contributed by atoms with Gasteiger partial charge in [-0.3, -0.25) is 0 Å². The van der Waals surface area contributed by atoms with Gasteiger partial charge in [-0.1, -0.05) is 11.6 Å². The van der Waals surface area contributed by atoms with E-state index in [4.69, 9.17) is 16.3 Å². The van der Waals surface area contributed by atoms with Crippen molar-refractivity contribution in [2.24, 2.45) is 0 Å². The molecule has 0 aliphatic carbocycles. The average molecular weight is 326 g/mol. The lowest BCUT2D eigenvalue weighted by atomic mass is 10.2. The molecular weight excluding hydrogens is 302 g/mol. The summed E-state index contributed by atoms with van der Waals surface area (Å²) >= 11 is 6.11. The van der Waals surface area contributed by atoms with E-state index in [0.717, 1.165) is 18.1 Å². The van der Waals surface area contributed by atoms with Crippen LogP contribution in [0.5, 0.6) is 0 Å². The van der Waals surface area contributed by atoms with Crippen LogP contribution in [0, 0.1) is 6.92 Å². The summed E-state index contributed by atoms with van der Waals surface area (Å²) in [5.41, 5.74) is 0.421. The molecule has 0 radical (unpaired) electrons. The predicted molar refractivity (Wildman–Crippen MR) is 88.6 cm³/mol. The van der Waals surface area contributed by atoms with Gasteiger partial charge in [-0.05, 0) is 46.8 Å². The Hall–Kier alpha value is -1.49. The quantitative estimate of drug-likeness (QED) is 0.793. The van der Waals surface area contributed by atoms with Crippen LogP contribution in [0.25, 0.3) is 0 Å². The van der Waals surface area contributed by atoms with Crippen LogP contribution in [-0.2, 0) is 4.74 Å². The molecule has 5 nitrogen and oxygen atoms in total. The van der Waals surface area contributed by atoms with Crippen LogP contribution in [0.1, 0.15) is 33.4 Å². The molecule has 1 saturated heterocycles. The molecule has 1 amide bonds. The van der Waals surface area contributed by atoms with Crippen molar-refractivity contribution in [2.45, 2.75) is 46.3 Å². The molecule has 1 aliphatic heterocycles. The van der Waals surface area contributed by atoms with Gasteiger partial charge < -0.3 is 14.5 Å². The van der Waals surface area contributed by atoms with Crippen LogP contribution in [0.4, 0.5) is 10.6 Å². The Balaban J connectivity index is 2.05. The van der Waals surface area contributed by atoms with Gasteiger partial charge in [-0.25, -0.2) is 9.78 Å². The molecule has 0 N–H and O–H groups in total. The predicted octanol–water partition coefficient (Wildman–Crippen LogP) is 3.49. The van der Waals surface area contributed by atoms with Crippen LogP contribution >= 0.6 is 11.6 Å². The topological polar surface area (TPSA) is 45.7 Å². The minimum Gasteiger partial charge on any atom is -0.444 e. The Morgan fingerprint density at radius 3 is 2.59 bits per heavy atom. The first-order chi connectivity index (χ1) is 10.2. The molecule has 22 heavy (non-hydrogen) atoms. The second-order valence-electron chi connectivity index (χ2n) is 6.75. The maximum Gasteiger partial charge on any atom is 0.410 e. The van der Waals surface area contributed by atoms with E-state index < -0.39 is 5.60 Å². The van der Waals surface area contributed by atoms with E-state index >= 15 is 0 Å². The molecule has 1 aromatic rings. The van der Waals surface area contributed by atoms with Gasteiger partial charge in [-0.15, -0.1) is 0 Å². The molecule has 0 saturated carbocycles. The van der Waals surface area contributed by atoms with E-state index in [1.165, 1.54) is 0 Å². The Morgan fingerprint density at radius 2 is 2.05 bits per heavy atom. The number of hydrogen-bond acceptors (Lipinski definition) is 4. The summed E-state index contributed by atoms with van der Waals surface area (Å²) in [6.07, 6.45) is -0.255. The number of piperazine rings is 1. The highest BCUT2D eigenvalue weighted by Gasteiger charge is 2.31. The maximum absolute atomic E-state index is 12.2. The van der Waals surface area contributed by atoms with Crippen molar-refractivity contribution in [2.75, 3.05) is 24.5 Å². The van der Waals surface area contributed by atoms with Crippen LogP contribution < -0.4 is 4.90 Å². The largest absolute Gasteiger partial charge is 0.444 e. The Labute approximate surface area is 137 Å². The van der Waals surface area contributed by atoms with Gasteiger partial charge in [0.05, 0.1) is 0 Å². The zero-order valence-electron chi connectivity index (χ0n) is 13.9. The monoisotopic (exact) mass is 325 g/mol. The summed E-state index contributed by atoms with van der Waals surface area (Å²) in [7, 11) is 0. The second kappa shape index (κ2) is 6.32. The fourth-order valence-electron chi connectivity index (χ4n) is 2.53. The van der Waals surface area contributed by atoms with Crippen molar-refractivity contribution in [1.29, 1.82) is 0 Å². The van der Waals surface area contributed by atoms with Crippen LogP contribution in [0.3, 0.4) is 0 Å². The first-order valence-corrected chi connectivity index (χ1v) is 7.92. The van der Waals surface area contributed by atoms with Gasteiger partial charge in [0.2, 0.25) is 0 Å². The second-order valence-corrected chi connectivity index (χ2v) is 7.19. The highest BCUT2D eigenvalue weighted by molar-refractivity contribution is 6.30. The van der Waals surface area contributed by atoms with E-state index in [0.29, 0.717) is 18.1 Å². The minimum absolute atomic E-state index is 0.0599. The van der Waals surface area contributed by atoms with Crippen LogP contribution in [0.2, 0.25) is 5.02 Å². The molecule has 0 unspecified atom stereocenters. The van der Waals surface area contributed by atoms with Gasteiger partial charge in [0.15, 0.2) is 0 Å². The normalized spacial score (nSPS) is 19.3. The smallest absolute Gasteiger partial charge is 0.410 e. The van der Waals surface area contributed by atoms with Crippen molar-refractivity contribution >= 4 is 23.5 Å². The molecule has 0 spiro atoms. The zero-order valence-corrected chi connectivity index (χ0v) is 14.6. The molecule has 1 aromatic heterocycles. The third-order valence-corrected chi connectivity index (χ3v) is 3.70. The van der Waals surface area contributed by atoms with Crippen molar-refractivity contribution in [3.8, 4) is 0 Å². The molecule has 1 atom stereocenters. The number of nitrogens with zero attached hydrogens (tertiary/aromatic N) is 3. The number of hydrogen-bond donors (Lipinski definition) is 0. The molecule has 6 heteroatoms. The van der Waals surface area contributed by atoms with E-state index in [1.54, 1.807) is 4.90 Å². The molecule has 0 aromatic carbocycles. The van der Waals surface area contributed by atoms with E-state index in [-0.39, 0.29) is 12.1 Å². The van der Waals surface area contributed by atoms with Gasteiger partial charge in [0, 0.05) is 36.4 Å². The molecule has 2 heterocycles. The number of aromatic nitrogens is 1. The number of carbonyl (C=O) groups excluding carboxylic acids is 1. The number of anilines is 1. The fraction of sp³-hybridized carbons (Fsp3) is 0.625. The number of rotatable bonds is 1. The summed E-state index contributed by atoms with van der Waals surface area (Å²) in [5.74, 6) is 0.862. The molecule has 122 valence electrons. The molecule has 2 rings (SSSR count). The van der Waals surface area contributed by atoms with Crippen molar-refractivity contribution in [3.05, 3.63) is 22.8 Å². The highest BCUT2D eigenvalue weighted by Crippen LogP contribution is 2.22. The first kappa shape index (κ1) is 16.9. The van der Waals surface area contributed by atoms with Gasteiger partial charge in [-0.2, -0.15) is 0 Å². The molecule has 1 fully saturated rings. The number of ether oxygens (including phenoxy) is 1. The number of carbonyl (C=O) groups is 1. The Kier molecular flexibility index (Phi) is 4.85. The molecular formula is C16H24ClN3O2. The van der Waals surface area contributed by atoms with Gasteiger partial charge in [0.25, 0.3) is 0 Å². The van der Waals surface area contributed by atoms with Crippen LogP contribution in [-0.4, -0.2) is 47.3 Å².